The molecule has 1 atom stereocenters. The van der Waals surface area contributed by atoms with Gasteiger partial charge in [-0.3, -0.25) is 9.59 Å². The molecule has 0 aliphatic carbocycles. The molecule has 0 saturated carbocycles. The number of anilines is 2. The molecular formula is C29H31BrN8O2. The van der Waals surface area contributed by atoms with E-state index in [-0.39, 0.29) is 17.9 Å². The molecule has 1 saturated heterocycles. The van der Waals surface area contributed by atoms with Crippen LogP contribution in [0.15, 0.2) is 71.6 Å². The molecule has 4 aromatic rings. The Morgan fingerprint density at radius 3 is 2.83 bits per heavy atom. The zero-order chi connectivity index (χ0) is 28.1. The van der Waals surface area contributed by atoms with Gasteiger partial charge in [0.25, 0.3) is 5.91 Å². The molecule has 1 aromatic carbocycles. The third kappa shape index (κ3) is 6.54. The second-order valence-corrected chi connectivity index (χ2v) is 10.8. The minimum absolute atomic E-state index is 0.00205. The highest BCUT2D eigenvalue weighted by Crippen LogP contribution is 2.32. The topological polar surface area (TPSA) is 119 Å². The number of carbonyl (C=O) groups excluding carboxylic acids is 2. The maximum Gasteiger partial charge on any atom is 0.272 e. The van der Waals surface area contributed by atoms with E-state index in [1.807, 2.05) is 43.4 Å². The van der Waals surface area contributed by atoms with Crippen molar-refractivity contribution < 1.29 is 9.59 Å². The number of rotatable bonds is 8. The van der Waals surface area contributed by atoms with Crippen molar-refractivity contribution in [1.82, 2.24) is 29.7 Å². The van der Waals surface area contributed by atoms with E-state index in [9.17, 15) is 9.59 Å². The fourth-order valence-corrected chi connectivity index (χ4v) is 5.07. The number of aromatic amines is 1. The molecule has 1 aliphatic rings. The van der Waals surface area contributed by atoms with Gasteiger partial charge in [-0.05, 0) is 61.1 Å². The summed E-state index contributed by atoms with van der Waals surface area (Å²) in [6.07, 6.45) is 10.2. The standard InChI is InChI=1S/C29H31BrN8O2/c1-37(2)13-6-10-26(39)34-19-11-12-25(31-15-19)28(40)38-14-5-7-20(18-38)35-29-33-17-23(30)27(36-29)22-16-32-24-9-4-3-8-21(22)24/h3-4,6,8-12,15-17,20,32H,5,7,13-14,18H2,1-2H3,(H,34,39)(H,33,35,36)/b10-6+. The number of pyridine rings is 1. The Morgan fingerprint density at radius 1 is 1.18 bits per heavy atom. The van der Waals surface area contributed by atoms with Gasteiger partial charge in [-0.1, -0.05) is 24.3 Å². The Morgan fingerprint density at radius 2 is 2.02 bits per heavy atom. The molecule has 0 bridgehead atoms. The third-order valence-electron chi connectivity index (χ3n) is 6.62. The van der Waals surface area contributed by atoms with Crippen LogP contribution in [0.3, 0.4) is 0 Å². The lowest BCUT2D eigenvalue weighted by Crippen LogP contribution is -2.45. The van der Waals surface area contributed by atoms with Crippen molar-refractivity contribution >= 4 is 50.3 Å². The SMILES string of the molecule is CN(C)C/C=C/C(=O)Nc1ccc(C(=O)N2CCCC(Nc3ncc(Br)c(-c4c[nH]c5ccccc45)n3)C2)nc1. The molecule has 2 amide bonds. The third-order valence-corrected chi connectivity index (χ3v) is 7.20. The molecule has 3 aromatic heterocycles. The zero-order valence-electron chi connectivity index (χ0n) is 22.4. The summed E-state index contributed by atoms with van der Waals surface area (Å²) in [6, 6.07) is 11.4. The summed E-state index contributed by atoms with van der Waals surface area (Å²) >= 11 is 3.60. The minimum atomic E-state index is -0.240. The van der Waals surface area contributed by atoms with Crippen molar-refractivity contribution in [2.75, 3.05) is 44.4 Å². The smallest absolute Gasteiger partial charge is 0.272 e. The second kappa shape index (κ2) is 12.4. The maximum absolute atomic E-state index is 13.2. The minimum Gasteiger partial charge on any atom is -0.360 e. The van der Waals surface area contributed by atoms with E-state index in [0.717, 1.165) is 39.5 Å². The number of likely N-dealkylation sites (tertiary alicyclic amines) is 1. The molecule has 40 heavy (non-hydrogen) atoms. The average molecular weight is 604 g/mol. The largest absolute Gasteiger partial charge is 0.360 e. The summed E-state index contributed by atoms with van der Waals surface area (Å²) in [5.41, 5.74) is 3.70. The van der Waals surface area contributed by atoms with Gasteiger partial charge in [0.15, 0.2) is 0 Å². The highest BCUT2D eigenvalue weighted by molar-refractivity contribution is 9.10. The van der Waals surface area contributed by atoms with Crippen molar-refractivity contribution in [2.45, 2.75) is 18.9 Å². The maximum atomic E-state index is 13.2. The van der Waals surface area contributed by atoms with E-state index in [0.29, 0.717) is 37.0 Å². The molecule has 3 N–H and O–H groups in total. The van der Waals surface area contributed by atoms with E-state index in [1.54, 1.807) is 29.3 Å². The van der Waals surface area contributed by atoms with Crippen LogP contribution in [0.1, 0.15) is 23.3 Å². The Balaban J connectivity index is 1.22. The first-order valence-electron chi connectivity index (χ1n) is 13.1. The summed E-state index contributed by atoms with van der Waals surface area (Å²) < 4.78 is 0.804. The molecule has 4 heterocycles. The number of benzene rings is 1. The van der Waals surface area contributed by atoms with E-state index >= 15 is 0 Å². The number of nitrogens with one attached hydrogen (secondary N) is 3. The van der Waals surface area contributed by atoms with Gasteiger partial charge in [-0.2, -0.15) is 0 Å². The van der Waals surface area contributed by atoms with Crippen LogP contribution >= 0.6 is 15.9 Å². The summed E-state index contributed by atoms with van der Waals surface area (Å²) in [7, 11) is 3.86. The van der Waals surface area contributed by atoms with Gasteiger partial charge < -0.3 is 25.4 Å². The summed E-state index contributed by atoms with van der Waals surface area (Å²) in [5, 5.41) is 7.27. The number of hydrogen-bond acceptors (Lipinski definition) is 7. The van der Waals surface area contributed by atoms with E-state index in [2.05, 4.69) is 47.6 Å². The molecule has 11 heteroatoms. The van der Waals surface area contributed by atoms with Crippen molar-refractivity contribution in [3.05, 3.63) is 77.3 Å². The van der Waals surface area contributed by atoms with Crippen LogP contribution in [0.5, 0.6) is 0 Å². The van der Waals surface area contributed by atoms with Crippen molar-refractivity contribution in [2.24, 2.45) is 0 Å². The molecule has 0 spiro atoms. The summed E-state index contributed by atoms with van der Waals surface area (Å²) in [6.45, 7) is 1.83. The normalized spacial score (nSPS) is 15.6. The van der Waals surface area contributed by atoms with Gasteiger partial charge in [-0.15, -0.1) is 0 Å². The number of H-pyrrole nitrogens is 1. The lowest BCUT2D eigenvalue weighted by molar-refractivity contribution is -0.111. The van der Waals surface area contributed by atoms with E-state index in [4.69, 9.17) is 4.98 Å². The molecular weight excluding hydrogens is 572 g/mol. The number of carbonyl (C=O) groups is 2. The summed E-state index contributed by atoms with van der Waals surface area (Å²) in [4.78, 5) is 45.9. The van der Waals surface area contributed by atoms with Crippen molar-refractivity contribution in [3.63, 3.8) is 0 Å². The number of nitrogens with zero attached hydrogens (tertiary/aromatic N) is 5. The zero-order valence-corrected chi connectivity index (χ0v) is 24.0. The van der Waals surface area contributed by atoms with Gasteiger partial charge in [0, 0.05) is 60.6 Å². The lowest BCUT2D eigenvalue weighted by Gasteiger charge is -2.33. The van der Waals surface area contributed by atoms with Gasteiger partial charge in [0.2, 0.25) is 11.9 Å². The highest BCUT2D eigenvalue weighted by Gasteiger charge is 2.26. The van der Waals surface area contributed by atoms with Crippen LogP contribution < -0.4 is 10.6 Å². The fraction of sp³-hybridized carbons (Fsp3) is 0.276. The van der Waals surface area contributed by atoms with Crippen LogP contribution in [-0.2, 0) is 4.79 Å². The molecule has 1 aliphatic heterocycles. The Kier molecular flexibility index (Phi) is 8.51. The summed E-state index contributed by atoms with van der Waals surface area (Å²) in [5.74, 6) is 0.128. The highest BCUT2D eigenvalue weighted by atomic mass is 79.9. The Hall–Kier alpha value is -4.09. The molecule has 1 unspecified atom stereocenters. The molecule has 1 fully saturated rings. The predicted molar refractivity (Wildman–Crippen MR) is 160 cm³/mol. The number of aromatic nitrogens is 4. The number of hydrogen-bond donors (Lipinski definition) is 3. The van der Waals surface area contributed by atoms with Crippen LogP contribution in [0.4, 0.5) is 11.6 Å². The van der Waals surface area contributed by atoms with Crippen molar-refractivity contribution in [3.8, 4) is 11.3 Å². The number of para-hydroxylation sites is 1. The number of fused-ring (bicyclic) bond motifs is 1. The van der Waals surface area contributed by atoms with Gasteiger partial charge >= 0.3 is 0 Å². The van der Waals surface area contributed by atoms with E-state index in [1.165, 1.54) is 12.3 Å². The molecule has 5 rings (SSSR count). The van der Waals surface area contributed by atoms with Crippen LogP contribution in [0.2, 0.25) is 0 Å². The van der Waals surface area contributed by atoms with Gasteiger partial charge in [-0.25, -0.2) is 15.0 Å². The van der Waals surface area contributed by atoms with Gasteiger partial charge in [0.05, 0.1) is 22.1 Å². The van der Waals surface area contributed by atoms with E-state index < -0.39 is 0 Å². The quantitative estimate of drug-likeness (QED) is 0.253. The predicted octanol–water partition coefficient (Wildman–Crippen LogP) is 4.56. The van der Waals surface area contributed by atoms with Crippen LogP contribution in [-0.4, -0.2) is 81.3 Å². The monoisotopic (exact) mass is 602 g/mol. The number of likely N-dealkylation sites (N-methyl/N-ethyl adjacent to an activating group) is 1. The second-order valence-electron chi connectivity index (χ2n) is 9.96. The fourth-order valence-electron chi connectivity index (χ4n) is 4.67. The number of piperidine rings is 1. The Labute approximate surface area is 241 Å². The first-order chi connectivity index (χ1) is 19.4. The first kappa shape index (κ1) is 27.5. The average Bonchev–Trinajstić information content (AvgIpc) is 3.38. The molecule has 10 nitrogen and oxygen atoms in total. The number of halogens is 1. The van der Waals surface area contributed by atoms with Crippen LogP contribution in [0, 0.1) is 0 Å². The molecule has 0 radical (unpaired) electrons. The molecule has 206 valence electrons. The lowest BCUT2D eigenvalue weighted by atomic mass is 10.1. The van der Waals surface area contributed by atoms with Crippen molar-refractivity contribution in [1.29, 1.82) is 0 Å². The van der Waals surface area contributed by atoms with Gasteiger partial charge in [0.1, 0.15) is 5.69 Å². The first-order valence-corrected chi connectivity index (χ1v) is 13.9. The Bertz CT molecular complexity index is 1530. The van der Waals surface area contributed by atoms with Crippen LogP contribution in [0.25, 0.3) is 22.2 Å². The number of amides is 2.